The van der Waals surface area contributed by atoms with E-state index in [1.165, 1.54) is 0 Å². The minimum Gasteiger partial charge on any atom is -0.327 e. The number of nitrogens with zero attached hydrogens (tertiary/aromatic N) is 1. The Bertz CT molecular complexity index is 1190. The highest BCUT2D eigenvalue weighted by Gasteiger charge is 2.22. The average Bonchev–Trinajstić information content (AvgIpc) is 2.75. The third kappa shape index (κ3) is 3.54. The molecule has 138 valence electrons. The van der Waals surface area contributed by atoms with Gasteiger partial charge in [0, 0.05) is 33.4 Å². The molecular formula is C22H15ClN2O2S. The van der Waals surface area contributed by atoms with Gasteiger partial charge in [-0.1, -0.05) is 48.0 Å². The molecule has 28 heavy (non-hydrogen) atoms. The summed E-state index contributed by atoms with van der Waals surface area (Å²) < 4.78 is 13.4. The standard InChI is InChI=1S/C22H15ClN2O2S/c23-16-9-11-17(12-10-16)28(27)21-20(15-6-2-1-3-7-15)18(14-25-22(21)26)19-8-4-5-13-24-19/h1-14H,(H,25,26). The largest absolute Gasteiger partial charge is 0.327 e. The van der Waals surface area contributed by atoms with Crippen LogP contribution in [0.1, 0.15) is 0 Å². The third-order valence-electron chi connectivity index (χ3n) is 4.27. The lowest BCUT2D eigenvalue weighted by molar-refractivity contribution is 0.682. The van der Waals surface area contributed by atoms with Crippen molar-refractivity contribution in [3.8, 4) is 22.4 Å². The van der Waals surface area contributed by atoms with Crippen LogP contribution in [0.4, 0.5) is 0 Å². The lowest BCUT2D eigenvalue weighted by atomic mass is 9.99. The molecule has 4 nitrogen and oxygen atoms in total. The number of aromatic nitrogens is 2. The zero-order valence-corrected chi connectivity index (χ0v) is 16.2. The molecule has 0 radical (unpaired) electrons. The van der Waals surface area contributed by atoms with Crippen LogP contribution in [-0.2, 0) is 10.8 Å². The molecule has 2 aromatic heterocycles. The van der Waals surface area contributed by atoms with Gasteiger partial charge in [0.05, 0.1) is 16.5 Å². The zero-order chi connectivity index (χ0) is 19.5. The van der Waals surface area contributed by atoms with E-state index >= 15 is 0 Å². The maximum atomic E-state index is 13.4. The van der Waals surface area contributed by atoms with Gasteiger partial charge in [-0.3, -0.25) is 9.78 Å². The second kappa shape index (κ2) is 7.92. The van der Waals surface area contributed by atoms with Crippen LogP contribution in [0.5, 0.6) is 0 Å². The quantitative estimate of drug-likeness (QED) is 0.523. The van der Waals surface area contributed by atoms with Gasteiger partial charge in [-0.15, -0.1) is 0 Å². The van der Waals surface area contributed by atoms with Crippen LogP contribution in [-0.4, -0.2) is 14.2 Å². The fourth-order valence-corrected chi connectivity index (χ4v) is 4.37. The molecule has 1 unspecified atom stereocenters. The van der Waals surface area contributed by atoms with E-state index in [4.69, 9.17) is 11.6 Å². The van der Waals surface area contributed by atoms with Crippen molar-refractivity contribution in [2.45, 2.75) is 9.79 Å². The Labute approximate surface area is 169 Å². The molecule has 4 aromatic rings. The van der Waals surface area contributed by atoms with Crippen LogP contribution >= 0.6 is 11.6 Å². The number of nitrogens with one attached hydrogen (secondary N) is 1. The van der Waals surface area contributed by atoms with E-state index in [-0.39, 0.29) is 4.90 Å². The van der Waals surface area contributed by atoms with Crippen LogP contribution in [0.3, 0.4) is 0 Å². The zero-order valence-electron chi connectivity index (χ0n) is 14.6. The number of rotatable bonds is 4. The Morgan fingerprint density at radius 3 is 2.29 bits per heavy atom. The minimum absolute atomic E-state index is 0.191. The molecule has 4 rings (SSSR count). The number of pyridine rings is 2. The van der Waals surface area contributed by atoms with Crippen molar-refractivity contribution in [3.05, 3.63) is 101 Å². The van der Waals surface area contributed by atoms with Crippen molar-refractivity contribution in [3.63, 3.8) is 0 Å². The van der Waals surface area contributed by atoms with Gasteiger partial charge in [0.2, 0.25) is 0 Å². The van der Waals surface area contributed by atoms with Crippen LogP contribution in [0.25, 0.3) is 22.4 Å². The van der Waals surface area contributed by atoms with Gasteiger partial charge in [0.1, 0.15) is 4.90 Å². The maximum Gasteiger partial charge on any atom is 0.265 e. The van der Waals surface area contributed by atoms with E-state index in [9.17, 15) is 9.00 Å². The highest BCUT2D eigenvalue weighted by Crippen LogP contribution is 2.34. The van der Waals surface area contributed by atoms with Gasteiger partial charge in [-0.05, 0) is 42.0 Å². The average molecular weight is 407 g/mol. The first-order chi connectivity index (χ1) is 13.6. The molecule has 2 aromatic carbocycles. The van der Waals surface area contributed by atoms with Gasteiger partial charge < -0.3 is 4.98 Å². The highest BCUT2D eigenvalue weighted by atomic mass is 35.5. The Balaban J connectivity index is 2.01. The first-order valence-electron chi connectivity index (χ1n) is 8.55. The number of H-pyrrole nitrogens is 1. The van der Waals surface area contributed by atoms with Crippen LogP contribution in [0, 0.1) is 0 Å². The summed E-state index contributed by atoms with van der Waals surface area (Å²) in [5.74, 6) is 0. The predicted molar refractivity (Wildman–Crippen MR) is 112 cm³/mol. The topological polar surface area (TPSA) is 62.8 Å². The van der Waals surface area contributed by atoms with Crippen LogP contribution in [0.2, 0.25) is 5.02 Å². The van der Waals surface area contributed by atoms with Gasteiger partial charge in [0.25, 0.3) is 5.56 Å². The Morgan fingerprint density at radius 2 is 1.61 bits per heavy atom. The van der Waals surface area contributed by atoms with Gasteiger partial charge in [-0.2, -0.15) is 0 Å². The number of hydrogen-bond donors (Lipinski definition) is 1. The maximum absolute atomic E-state index is 13.4. The molecule has 0 aliphatic rings. The molecule has 0 fully saturated rings. The summed E-state index contributed by atoms with van der Waals surface area (Å²) in [4.78, 5) is 20.6. The van der Waals surface area contributed by atoms with Gasteiger partial charge in [-0.25, -0.2) is 4.21 Å². The summed E-state index contributed by atoms with van der Waals surface area (Å²) in [6.07, 6.45) is 3.31. The number of aromatic amines is 1. The Hall–Kier alpha value is -3.02. The second-order valence-electron chi connectivity index (χ2n) is 6.04. The molecule has 0 saturated heterocycles. The van der Waals surface area contributed by atoms with Gasteiger partial charge in [0.15, 0.2) is 0 Å². The minimum atomic E-state index is -1.69. The van der Waals surface area contributed by atoms with Crippen molar-refractivity contribution in [2.24, 2.45) is 0 Å². The van der Waals surface area contributed by atoms with Gasteiger partial charge >= 0.3 is 0 Å². The molecule has 1 atom stereocenters. The van der Waals surface area contributed by atoms with Crippen molar-refractivity contribution in [1.29, 1.82) is 0 Å². The van der Waals surface area contributed by atoms with Crippen molar-refractivity contribution >= 4 is 22.4 Å². The lowest BCUT2D eigenvalue weighted by Crippen LogP contribution is -2.16. The fourth-order valence-electron chi connectivity index (χ4n) is 2.98. The van der Waals surface area contributed by atoms with E-state index in [1.54, 1.807) is 36.7 Å². The number of halogens is 1. The molecule has 0 amide bonds. The van der Waals surface area contributed by atoms with Crippen LogP contribution in [0.15, 0.2) is 99.8 Å². The first-order valence-corrected chi connectivity index (χ1v) is 10.1. The van der Waals surface area contributed by atoms with Crippen LogP contribution < -0.4 is 5.56 Å². The molecule has 1 N–H and O–H groups in total. The van der Waals surface area contributed by atoms with Crippen molar-refractivity contribution < 1.29 is 4.21 Å². The molecule has 6 heteroatoms. The SMILES string of the molecule is O=c1[nH]cc(-c2ccccn2)c(-c2ccccc2)c1S(=O)c1ccc(Cl)cc1. The summed E-state index contributed by atoms with van der Waals surface area (Å²) in [5, 5.41) is 0.542. The van der Waals surface area contributed by atoms with Crippen molar-refractivity contribution in [1.82, 2.24) is 9.97 Å². The summed E-state index contributed by atoms with van der Waals surface area (Å²) in [6.45, 7) is 0. The van der Waals surface area contributed by atoms with E-state index in [0.29, 0.717) is 26.7 Å². The normalized spacial score (nSPS) is 11.9. The van der Waals surface area contributed by atoms with E-state index in [0.717, 1.165) is 5.56 Å². The summed E-state index contributed by atoms with van der Waals surface area (Å²) in [5.41, 5.74) is 2.41. The van der Waals surface area contributed by atoms with Crippen molar-refractivity contribution in [2.75, 3.05) is 0 Å². The fraction of sp³-hybridized carbons (Fsp3) is 0. The van der Waals surface area contributed by atoms with E-state index < -0.39 is 16.4 Å². The molecule has 0 bridgehead atoms. The Morgan fingerprint density at radius 1 is 0.893 bits per heavy atom. The number of hydrogen-bond acceptors (Lipinski definition) is 3. The summed E-state index contributed by atoms with van der Waals surface area (Å²) in [7, 11) is -1.69. The second-order valence-corrected chi connectivity index (χ2v) is 7.89. The molecule has 2 heterocycles. The third-order valence-corrected chi connectivity index (χ3v) is 5.98. The lowest BCUT2D eigenvalue weighted by Gasteiger charge is -2.14. The summed E-state index contributed by atoms with van der Waals surface area (Å²) >= 11 is 5.95. The Kier molecular flexibility index (Phi) is 5.19. The molecular weight excluding hydrogens is 392 g/mol. The smallest absolute Gasteiger partial charge is 0.265 e. The molecule has 0 saturated carbocycles. The monoisotopic (exact) mass is 406 g/mol. The van der Waals surface area contributed by atoms with E-state index in [1.807, 2.05) is 48.5 Å². The molecule has 0 aliphatic carbocycles. The molecule has 0 aliphatic heterocycles. The molecule has 0 spiro atoms. The first kappa shape index (κ1) is 18.3. The highest BCUT2D eigenvalue weighted by molar-refractivity contribution is 7.85. The predicted octanol–water partition coefficient (Wildman–Crippen LogP) is 4.92. The number of benzene rings is 2. The van der Waals surface area contributed by atoms with E-state index in [2.05, 4.69) is 9.97 Å². The summed E-state index contributed by atoms with van der Waals surface area (Å²) in [6, 6.07) is 21.7.